The van der Waals surface area contributed by atoms with Crippen molar-refractivity contribution in [1.29, 1.82) is 0 Å². The van der Waals surface area contributed by atoms with Gasteiger partial charge in [0.15, 0.2) is 0 Å². The topological polar surface area (TPSA) is 52.7 Å². The minimum absolute atomic E-state index is 0.00782. The van der Waals surface area contributed by atoms with Crippen molar-refractivity contribution in [3.05, 3.63) is 108 Å². The minimum atomic E-state index is -0.201. The van der Waals surface area contributed by atoms with Crippen molar-refractivity contribution >= 4 is 11.8 Å². The molecule has 1 heterocycles. The van der Waals surface area contributed by atoms with Gasteiger partial charge in [-0.1, -0.05) is 91.0 Å². The van der Waals surface area contributed by atoms with Gasteiger partial charge in [-0.2, -0.15) is 0 Å². The standard InChI is InChI=1S/C30H33N3O2/c1-22(23-11-5-2-6-12-23)31-29(34)26-21-27(26)30(35)33-19-17-32(18-20-33)28(24-13-7-3-8-14-24)25-15-9-4-10-16-25/h2-16,22,26-28H,17-21H2,1H3,(H,31,34). The first-order valence-electron chi connectivity index (χ1n) is 12.6. The van der Waals surface area contributed by atoms with Crippen molar-refractivity contribution in [2.75, 3.05) is 26.2 Å². The summed E-state index contributed by atoms with van der Waals surface area (Å²) in [7, 11) is 0. The first kappa shape index (κ1) is 23.3. The third-order valence-electron chi connectivity index (χ3n) is 7.32. The van der Waals surface area contributed by atoms with Gasteiger partial charge in [-0.25, -0.2) is 0 Å². The number of hydrogen-bond acceptors (Lipinski definition) is 3. The van der Waals surface area contributed by atoms with Crippen LogP contribution in [-0.2, 0) is 9.59 Å². The molecular weight excluding hydrogens is 434 g/mol. The summed E-state index contributed by atoms with van der Waals surface area (Å²) in [6, 6.07) is 31.2. The van der Waals surface area contributed by atoms with Gasteiger partial charge >= 0.3 is 0 Å². The van der Waals surface area contributed by atoms with E-state index < -0.39 is 0 Å². The van der Waals surface area contributed by atoms with Crippen molar-refractivity contribution in [3.63, 3.8) is 0 Å². The number of benzene rings is 3. The monoisotopic (exact) mass is 467 g/mol. The van der Waals surface area contributed by atoms with Gasteiger partial charge in [-0.3, -0.25) is 14.5 Å². The lowest BCUT2D eigenvalue weighted by atomic mass is 9.96. The average molecular weight is 468 g/mol. The smallest absolute Gasteiger partial charge is 0.226 e. The Labute approximate surface area is 207 Å². The first-order valence-corrected chi connectivity index (χ1v) is 12.6. The molecule has 2 amide bonds. The van der Waals surface area contributed by atoms with Crippen LogP contribution in [0.5, 0.6) is 0 Å². The molecule has 0 aromatic heterocycles. The van der Waals surface area contributed by atoms with Gasteiger partial charge in [0, 0.05) is 26.2 Å². The molecule has 5 rings (SSSR count). The van der Waals surface area contributed by atoms with Crippen LogP contribution in [0.3, 0.4) is 0 Å². The summed E-state index contributed by atoms with van der Waals surface area (Å²) in [5.74, 6) is -0.253. The van der Waals surface area contributed by atoms with Crippen LogP contribution in [0.4, 0.5) is 0 Å². The Kier molecular flexibility index (Phi) is 6.96. The van der Waals surface area contributed by atoms with Crippen LogP contribution in [0.25, 0.3) is 0 Å². The molecule has 3 atom stereocenters. The molecule has 0 spiro atoms. The van der Waals surface area contributed by atoms with Gasteiger partial charge in [0.05, 0.1) is 23.9 Å². The van der Waals surface area contributed by atoms with Gasteiger partial charge in [0.1, 0.15) is 0 Å². The number of carbonyl (C=O) groups excluding carboxylic acids is 2. The molecule has 5 nitrogen and oxygen atoms in total. The molecule has 35 heavy (non-hydrogen) atoms. The maximum atomic E-state index is 13.2. The predicted octanol–water partition coefficient (Wildman–Crippen LogP) is 4.43. The van der Waals surface area contributed by atoms with Crippen LogP contribution < -0.4 is 5.32 Å². The molecule has 2 aliphatic rings. The summed E-state index contributed by atoms with van der Waals surface area (Å²) in [6.07, 6.45) is 0.656. The van der Waals surface area contributed by atoms with Crippen molar-refractivity contribution in [2.24, 2.45) is 11.8 Å². The Hall–Kier alpha value is -3.44. The van der Waals surface area contributed by atoms with Crippen LogP contribution >= 0.6 is 0 Å². The number of carbonyl (C=O) groups is 2. The summed E-state index contributed by atoms with van der Waals surface area (Å²) in [4.78, 5) is 30.4. The Morgan fingerprint density at radius 1 is 0.714 bits per heavy atom. The molecule has 2 fully saturated rings. The Balaban J connectivity index is 1.17. The molecule has 180 valence electrons. The summed E-state index contributed by atoms with van der Waals surface area (Å²) in [6.45, 7) is 5.01. The van der Waals surface area contributed by atoms with Crippen LogP contribution in [0.1, 0.15) is 42.1 Å². The van der Waals surface area contributed by atoms with Gasteiger partial charge in [-0.15, -0.1) is 0 Å². The van der Waals surface area contributed by atoms with Crippen LogP contribution in [-0.4, -0.2) is 47.8 Å². The van der Waals surface area contributed by atoms with Crippen molar-refractivity contribution in [1.82, 2.24) is 15.1 Å². The van der Waals surface area contributed by atoms with Gasteiger partial charge in [0.2, 0.25) is 11.8 Å². The van der Waals surface area contributed by atoms with E-state index in [0.29, 0.717) is 19.5 Å². The highest BCUT2D eigenvalue weighted by Gasteiger charge is 2.50. The lowest BCUT2D eigenvalue weighted by molar-refractivity contribution is -0.136. The van der Waals surface area contributed by atoms with Crippen LogP contribution in [0.15, 0.2) is 91.0 Å². The molecule has 0 bridgehead atoms. The van der Waals surface area contributed by atoms with E-state index in [1.165, 1.54) is 11.1 Å². The molecule has 3 unspecified atom stereocenters. The van der Waals surface area contributed by atoms with E-state index in [1.807, 2.05) is 54.3 Å². The first-order chi connectivity index (χ1) is 17.1. The van der Waals surface area contributed by atoms with E-state index in [4.69, 9.17) is 0 Å². The number of nitrogens with zero attached hydrogens (tertiary/aromatic N) is 2. The number of piperazine rings is 1. The molecule has 3 aromatic rings. The number of hydrogen-bond donors (Lipinski definition) is 1. The third-order valence-corrected chi connectivity index (χ3v) is 7.32. The second-order valence-electron chi connectivity index (χ2n) is 9.67. The molecule has 1 saturated heterocycles. The fourth-order valence-corrected chi connectivity index (χ4v) is 5.22. The van der Waals surface area contributed by atoms with E-state index in [9.17, 15) is 9.59 Å². The maximum Gasteiger partial charge on any atom is 0.226 e. The van der Waals surface area contributed by atoms with Gasteiger partial charge in [-0.05, 0) is 30.0 Å². The lowest BCUT2D eigenvalue weighted by Crippen LogP contribution is -2.50. The summed E-state index contributed by atoms with van der Waals surface area (Å²) < 4.78 is 0. The van der Waals surface area contributed by atoms with Gasteiger partial charge < -0.3 is 10.2 Å². The molecule has 3 aromatic carbocycles. The quantitative estimate of drug-likeness (QED) is 0.559. The van der Waals surface area contributed by atoms with Crippen molar-refractivity contribution in [3.8, 4) is 0 Å². The Bertz CT molecular complexity index is 1090. The molecule has 0 radical (unpaired) electrons. The van der Waals surface area contributed by atoms with Crippen LogP contribution in [0.2, 0.25) is 0 Å². The third kappa shape index (κ3) is 5.30. The van der Waals surface area contributed by atoms with Crippen molar-refractivity contribution < 1.29 is 9.59 Å². The molecule has 1 aliphatic heterocycles. The van der Waals surface area contributed by atoms with E-state index in [2.05, 4.69) is 58.7 Å². The highest BCUT2D eigenvalue weighted by Crippen LogP contribution is 2.41. The zero-order chi connectivity index (χ0) is 24.2. The van der Waals surface area contributed by atoms with E-state index in [1.54, 1.807) is 0 Å². The highest BCUT2D eigenvalue weighted by molar-refractivity contribution is 5.92. The zero-order valence-corrected chi connectivity index (χ0v) is 20.2. The fourth-order valence-electron chi connectivity index (χ4n) is 5.22. The van der Waals surface area contributed by atoms with E-state index >= 15 is 0 Å². The second-order valence-corrected chi connectivity index (χ2v) is 9.67. The SMILES string of the molecule is CC(NC(=O)C1CC1C(=O)N1CCN(C(c2ccccc2)c2ccccc2)CC1)c1ccccc1. The molecule has 1 saturated carbocycles. The number of rotatable bonds is 7. The maximum absolute atomic E-state index is 13.2. The predicted molar refractivity (Wildman–Crippen MR) is 137 cm³/mol. The van der Waals surface area contributed by atoms with E-state index in [0.717, 1.165) is 18.7 Å². The van der Waals surface area contributed by atoms with E-state index in [-0.39, 0.29) is 35.7 Å². The molecule has 5 heteroatoms. The Morgan fingerprint density at radius 3 is 1.71 bits per heavy atom. The van der Waals surface area contributed by atoms with Crippen LogP contribution in [0, 0.1) is 11.8 Å². The summed E-state index contributed by atoms with van der Waals surface area (Å²) >= 11 is 0. The minimum Gasteiger partial charge on any atom is -0.349 e. The molecule has 1 N–H and O–H groups in total. The summed E-state index contributed by atoms with van der Waals surface area (Å²) in [5, 5.41) is 3.09. The lowest BCUT2D eigenvalue weighted by Gasteiger charge is -2.40. The molecular formula is C30H33N3O2. The number of nitrogens with one attached hydrogen (secondary N) is 1. The molecule has 1 aliphatic carbocycles. The number of amides is 2. The average Bonchev–Trinajstić information content (AvgIpc) is 3.72. The second kappa shape index (κ2) is 10.4. The Morgan fingerprint density at radius 2 is 1.20 bits per heavy atom. The summed E-state index contributed by atoms with van der Waals surface area (Å²) in [5.41, 5.74) is 3.61. The fraction of sp³-hybridized carbons (Fsp3) is 0.333. The van der Waals surface area contributed by atoms with Gasteiger partial charge in [0.25, 0.3) is 0 Å². The normalized spacial score (nSPS) is 20.9. The highest BCUT2D eigenvalue weighted by atomic mass is 16.2. The zero-order valence-electron chi connectivity index (χ0n) is 20.2. The van der Waals surface area contributed by atoms with Crippen molar-refractivity contribution in [2.45, 2.75) is 25.4 Å². The largest absolute Gasteiger partial charge is 0.349 e.